The Bertz CT molecular complexity index is 599. The molecule has 1 saturated heterocycles. The second-order valence-corrected chi connectivity index (χ2v) is 4.58. The lowest BCUT2D eigenvalue weighted by Gasteiger charge is -2.39. The van der Waals surface area contributed by atoms with Crippen LogP contribution in [0.1, 0.15) is 0 Å². The minimum absolute atomic E-state index is 0.108. The lowest BCUT2D eigenvalue weighted by atomic mass is 10.2. The highest BCUT2D eigenvalue weighted by molar-refractivity contribution is 5.43. The number of methoxy groups -OCH3 is 1. The third kappa shape index (κ3) is 2.45. The smallest absolute Gasteiger partial charge is 0.227 e. The minimum Gasteiger partial charge on any atom is -0.493 e. The van der Waals surface area contributed by atoms with Crippen LogP contribution in [0.25, 0.3) is 0 Å². The third-order valence-corrected chi connectivity index (χ3v) is 3.16. The SMILES string of the molecule is COc1ccccc1OC1CN(c2nccc(N)n2)C1. The van der Waals surface area contributed by atoms with E-state index in [9.17, 15) is 0 Å². The number of anilines is 2. The Morgan fingerprint density at radius 1 is 1.20 bits per heavy atom. The van der Waals surface area contributed by atoms with E-state index in [0.29, 0.717) is 11.8 Å². The van der Waals surface area contributed by atoms with E-state index in [2.05, 4.69) is 9.97 Å². The van der Waals surface area contributed by atoms with Gasteiger partial charge in [0, 0.05) is 6.20 Å². The van der Waals surface area contributed by atoms with Gasteiger partial charge in [-0.1, -0.05) is 12.1 Å². The molecule has 0 saturated carbocycles. The molecule has 0 radical (unpaired) electrons. The highest BCUT2D eigenvalue weighted by Gasteiger charge is 2.31. The Morgan fingerprint density at radius 3 is 2.65 bits per heavy atom. The summed E-state index contributed by atoms with van der Waals surface area (Å²) in [5.41, 5.74) is 5.65. The molecule has 0 spiro atoms. The number of hydrogen-bond donors (Lipinski definition) is 1. The summed E-state index contributed by atoms with van der Waals surface area (Å²) in [5.74, 6) is 2.62. The van der Waals surface area contributed by atoms with Crippen molar-refractivity contribution in [2.45, 2.75) is 6.10 Å². The second kappa shape index (κ2) is 5.24. The molecule has 0 bridgehead atoms. The number of nitrogen functional groups attached to an aromatic ring is 1. The normalized spacial score (nSPS) is 14.8. The van der Waals surface area contributed by atoms with Crippen molar-refractivity contribution < 1.29 is 9.47 Å². The number of ether oxygens (including phenoxy) is 2. The van der Waals surface area contributed by atoms with Crippen molar-refractivity contribution >= 4 is 11.8 Å². The summed E-state index contributed by atoms with van der Waals surface area (Å²) >= 11 is 0. The van der Waals surface area contributed by atoms with Gasteiger partial charge in [-0.2, -0.15) is 4.98 Å². The molecular formula is C14H16N4O2. The first-order chi connectivity index (χ1) is 9.76. The summed E-state index contributed by atoms with van der Waals surface area (Å²) in [7, 11) is 1.63. The molecule has 2 heterocycles. The average Bonchev–Trinajstić information content (AvgIpc) is 2.42. The number of rotatable bonds is 4. The number of nitrogens with zero attached hydrogens (tertiary/aromatic N) is 3. The number of aromatic nitrogens is 2. The first-order valence-electron chi connectivity index (χ1n) is 6.39. The Labute approximate surface area is 117 Å². The van der Waals surface area contributed by atoms with Crippen LogP contribution in [-0.2, 0) is 0 Å². The van der Waals surface area contributed by atoms with E-state index in [0.717, 1.165) is 24.6 Å². The quantitative estimate of drug-likeness (QED) is 0.905. The largest absolute Gasteiger partial charge is 0.493 e. The lowest BCUT2D eigenvalue weighted by Crippen LogP contribution is -2.54. The fraction of sp³-hybridized carbons (Fsp3) is 0.286. The first-order valence-corrected chi connectivity index (χ1v) is 6.39. The zero-order valence-electron chi connectivity index (χ0n) is 11.2. The summed E-state index contributed by atoms with van der Waals surface area (Å²) in [5, 5.41) is 0. The van der Waals surface area contributed by atoms with Gasteiger partial charge in [-0.05, 0) is 18.2 Å². The molecule has 104 valence electrons. The van der Waals surface area contributed by atoms with Crippen molar-refractivity contribution in [2.75, 3.05) is 30.8 Å². The molecular weight excluding hydrogens is 256 g/mol. The Balaban J connectivity index is 1.61. The predicted molar refractivity (Wildman–Crippen MR) is 76.1 cm³/mol. The van der Waals surface area contributed by atoms with Crippen LogP contribution in [-0.4, -0.2) is 36.3 Å². The summed E-state index contributed by atoms with van der Waals surface area (Å²) in [6.45, 7) is 1.48. The molecule has 20 heavy (non-hydrogen) atoms. The maximum Gasteiger partial charge on any atom is 0.227 e. The molecule has 1 aromatic heterocycles. The van der Waals surface area contributed by atoms with Crippen LogP contribution in [0.15, 0.2) is 36.5 Å². The highest BCUT2D eigenvalue weighted by atomic mass is 16.5. The van der Waals surface area contributed by atoms with Crippen LogP contribution in [0.2, 0.25) is 0 Å². The molecule has 6 heteroatoms. The molecule has 0 amide bonds. The Kier molecular flexibility index (Phi) is 3.28. The third-order valence-electron chi connectivity index (χ3n) is 3.16. The van der Waals surface area contributed by atoms with Gasteiger partial charge in [0.1, 0.15) is 11.9 Å². The van der Waals surface area contributed by atoms with E-state index in [1.165, 1.54) is 0 Å². The van der Waals surface area contributed by atoms with Crippen molar-refractivity contribution in [1.29, 1.82) is 0 Å². The topological polar surface area (TPSA) is 73.5 Å². The van der Waals surface area contributed by atoms with Gasteiger partial charge in [0.05, 0.1) is 20.2 Å². The molecule has 0 atom stereocenters. The van der Waals surface area contributed by atoms with E-state index in [4.69, 9.17) is 15.2 Å². The van der Waals surface area contributed by atoms with Crippen LogP contribution in [0.5, 0.6) is 11.5 Å². The van der Waals surface area contributed by atoms with E-state index >= 15 is 0 Å². The van der Waals surface area contributed by atoms with Crippen molar-refractivity contribution in [3.8, 4) is 11.5 Å². The van der Waals surface area contributed by atoms with Crippen LogP contribution in [0, 0.1) is 0 Å². The van der Waals surface area contributed by atoms with Gasteiger partial charge >= 0.3 is 0 Å². The van der Waals surface area contributed by atoms with Crippen molar-refractivity contribution in [3.63, 3.8) is 0 Å². The fourth-order valence-corrected chi connectivity index (χ4v) is 2.09. The Morgan fingerprint density at radius 2 is 1.95 bits per heavy atom. The molecule has 0 aliphatic carbocycles. The molecule has 1 aliphatic heterocycles. The molecule has 6 nitrogen and oxygen atoms in total. The summed E-state index contributed by atoms with van der Waals surface area (Å²) in [6.07, 6.45) is 1.77. The zero-order valence-corrected chi connectivity index (χ0v) is 11.2. The molecule has 2 N–H and O–H groups in total. The second-order valence-electron chi connectivity index (χ2n) is 4.58. The number of para-hydroxylation sites is 2. The predicted octanol–water partition coefficient (Wildman–Crippen LogP) is 1.33. The van der Waals surface area contributed by atoms with Crippen molar-refractivity contribution in [1.82, 2.24) is 9.97 Å². The average molecular weight is 272 g/mol. The van der Waals surface area contributed by atoms with Gasteiger partial charge in [0.25, 0.3) is 0 Å². The van der Waals surface area contributed by atoms with E-state index in [1.54, 1.807) is 19.4 Å². The van der Waals surface area contributed by atoms with Crippen LogP contribution < -0.4 is 20.1 Å². The van der Waals surface area contributed by atoms with Crippen molar-refractivity contribution in [2.24, 2.45) is 0 Å². The van der Waals surface area contributed by atoms with E-state index in [-0.39, 0.29) is 6.10 Å². The van der Waals surface area contributed by atoms with Gasteiger partial charge < -0.3 is 20.1 Å². The van der Waals surface area contributed by atoms with Crippen LogP contribution in [0.3, 0.4) is 0 Å². The maximum absolute atomic E-state index is 5.90. The molecule has 3 rings (SSSR count). The zero-order chi connectivity index (χ0) is 13.9. The molecule has 1 aliphatic rings. The Hall–Kier alpha value is -2.50. The first kappa shape index (κ1) is 12.5. The lowest BCUT2D eigenvalue weighted by molar-refractivity contribution is 0.160. The summed E-state index contributed by atoms with van der Waals surface area (Å²) < 4.78 is 11.2. The minimum atomic E-state index is 0.108. The van der Waals surface area contributed by atoms with Gasteiger partial charge in [-0.25, -0.2) is 4.98 Å². The molecule has 2 aromatic rings. The highest BCUT2D eigenvalue weighted by Crippen LogP contribution is 2.29. The molecule has 1 fully saturated rings. The van der Waals surface area contributed by atoms with Crippen LogP contribution >= 0.6 is 0 Å². The van der Waals surface area contributed by atoms with Crippen LogP contribution in [0.4, 0.5) is 11.8 Å². The fourth-order valence-electron chi connectivity index (χ4n) is 2.09. The van der Waals surface area contributed by atoms with E-state index in [1.807, 2.05) is 29.2 Å². The number of hydrogen-bond acceptors (Lipinski definition) is 6. The molecule has 0 unspecified atom stereocenters. The van der Waals surface area contributed by atoms with Gasteiger partial charge in [-0.15, -0.1) is 0 Å². The van der Waals surface area contributed by atoms with Gasteiger partial charge in [0.15, 0.2) is 11.5 Å². The standard InChI is InChI=1S/C14H16N4O2/c1-19-11-4-2-3-5-12(11)20-10-8-18(9-10)14-16-7-6-13(15)17-14/h2-7,10H,8-9H2,1H3,(H2,15,16,17). The summed E-state index contributed by atoms with van der Waals surface area (Å²) in [6, 6.07) is 9.30. The molecule has 1 aromatic carbocycles. The van der Waals surface area contributed by atoms with Gasteiger partial charge in [-0.3, -0.25) is 0 Å². The van der Waals surface area contributed by atoms with Gasteiger partial charge in [0.2, 0.25) is 5.95 Å². The number of benzene rings is 1. The summed E-state index contributed by atoms with van der Waals surface area (Å²) in [4.78, 5) is 10.4. The van der Waals surface area contributed by atoms with E-state index < -0.39 is 0 Å². The van der Waals surface area contributed by atoms with Crippen molar-refractivity contribution in [3.05, 3.63) is 36.5 Å². The monoisotopic (exact) mass is 272 g/mol. The maximum atomic E-state index is 5.90. The number of nitrogens with two attached hydrogens (primary N) is 1.